The molecule has 0 bridgehead atoms. The first kappa shape index (κ1) is 14.1. The first-order valence-corrected chi connectivity index (χ1v) is 6.67. The minimum atomic E-state index is -0.360. The molecule has 3 aromatic rings. The van der Waals surface area contributed by atoms with Gasteiger partial charge in [0.25, 0.3) is 0 Å². The fourth-order valence-corrected chi connectivity index (χ4v) is 2.42. The number of aromatic amines is 1. The van der Waals surface area contributed by atoms with Crippen molar-refractivity contribution in [3.05, 3.63) is 58.5 Å². The van der Waals surface area contributed by atoms with Crippen LogP contribution in [0.5, 0.6) is 11.5 Å². The van der Waals surface area contributed by atoms with Crippen LogP contribution in [0.4, 0.5) is 4.39 Å². The van der Waals surface area contributed by atoms with Crippen molar-refractivity contribution in [1.29, 1.82) is 0 Å². The van der Waals surface area contributed by atoms with Crippen LogP contribution in [0.25, 0.3) is 22.2 Å². The summed E-state index contributed by atoms with van der Waals surface area (Å²) >= 11 is 0. The average molecular weight is 299 g/mol. The van der Waals surface area contributed by atoms with Crippen molar-refractivity contribution >= 4 is 10.9 Å². The van der Waals surface area contributed by atoms with E-state index in [-0.39, 0.29) is 11.2 Å². The van der Waals surface area contributed by atoms with E-state index in [0.717, 1.165) is 0 Å². The molecular formula is C17H14FNO3. The molecule has 112 valence electrons. The van der Waals surface area contributed by atoms with E-state index < -0.39 is 0 Å². The topological polar surface area (TPSA) is 51.3 Å². The van der Waals surface area contributed by atoms with Gasteiger partial charge in [-0.25, -0.2) is 4.39 Å². The SMILES string of the molecule is COc1cc(OC)c2c(=O)cc(-c3cccc(F)c3)[nH]c2c1. The fraction of sp³-hybridized carbons (Fsp3) is 0.118. The van der Waals surface area contributed by atoms with Crippen LogP contribution in [-0.2, 0) is 0 Å². The highest BCUT2D eigenvalue weighted by atomic mass is 19.1. The molecule has 1 aromatic heterocycles. The molecule has 0 atom stereocenters. The number of ether oxygens (including phenoxy) is 2. The number of fused-ring (bicyclic) bond motifs is 1. The third-order valence-corrected chi connectivity index (χ3v) is 3.46. The van der Waals surface area contributed by atoms with Gasteiger partial charge in [0.2, 0.25) is 0 Å². The summed E-state index contributed by atoms with van der Waals surface area (Å²) in [4.78, 5) is 15.5. The smallest absolute Gasteiger partial charge is 0.193 e. The lowest BCUT2D eigenvalue weighted by atomic mass is 10.1. The van der Waals surface area contributed by atoms with Crippen molar-refractivity contribution in [2.75, 3.05) is 14.2 Å². The van der Waals surface area contributed by atoms with Gasteiger partial charge in [-0.15, -0.1) is 0 Å². The third-order valence-electron chi connectivity index (χ3n) is 3.46. The summed E-state index contributed by atoms with van der Waals surface area (Å²) in [7, 11) is 3.03. The zero-order valence-corrected chi connectivity index (χ0v) is 12.1. The summed E-state index contributed by atoms with van der Waals surface area (Å²) in [5.41, 5.74) is 1.50. The second-order valence-corrected chi connectivity index (χ2v) is 4.81. The minimum absolute atomic E-state index is 0.201. The molecule has 0 unspecified atom stereocenters. The van der Waals surface area contributed by atoms with Gasteiger partial charge in [0.05, 0.1) is 25.1 Å². The molecule has 0 spiro atoms. The van der Waals surface area contributed by atoms with Crippen molar-refractivity contribution in [1.82, 2.24) is 4.98 Å². The molecule has 5 heteroatoms. The molecule has 0 aliphatic carbocycles. The molecule has 3 rings (SSSR count). The average Bonchev–Trinajstić information content (AvgIpc) is 2.53. The number of pyridine rings is 1. The Bertz CT molecular complexity index is 902. The number of hydrogen-bond acceptors (Lipinski definition) is 3. The van der Waals surface area contributed by atoms with E-state index in [9.17, 15) is 9.18 Å². The molecule has 0 aliphatic rings. The molecule has 2 aromatic carbocycles. The van der Waals surface area contributed by atoms with E-state index in [1.807, 2.05) is 0 Å². The molecule has 0 saturated carbocycles. The number of H-pyrrole nitrogens is 1. The maximum atomic E-state index is 13.4. The summed E-state index contributed by atoms with van der Waals surface area (Å²) < 4.78 is 23.8. The Morgan fingerprint density at radius 2 is 1.86 bits per heavy atom. The monoisotopic (exact) mass is 299 g/mol. The normalized spacial score (nSPS) is 10.7. The Morgan fingerprint density at radius 1 is 1.05 bits per heavy atom. The highest BCUT2D eigenvalue weighted by Gasteiger charge is 2.11. The Labute approximate surface area is 126 Å². The van der Waals surface area contributed by atoms with E-state index in [1.165, 1.54) is 32.4 Å². The van der Waals surface area contributed by atoms with Crippen molar-refractivity contribution in [3.8, 4) is 22.8 Å². The van der Waals surface area contributed by atoms with Crippen LogP contribution in [0.3, 0.4) is 0 Å². The molecule has 22 heavy (non-hydrogen) atoms. The van der Waals surface area contributed by atoms with Crippen LogP contribution >= 0.6 is 0 Å². The predicted molar refractivity (Wildman–Crippen MR) is 83.1 cm³/mol. The zero-order valence-electron chi connectivity index (χ0n) is 12.1. The summed E-state index contributed by atoms with van der Waals surface area (Å²) in [5.74, 6) is 0.638. The highest BCUT2D eigenvalue weighted by molar-refractivity contribution is 5.88. The Hall–Kier alpha value is -2.82. The van der Waals surface area contributed by atoms with Crippen molar-refractivity contribution in [2.24, 2.45) is 0 Å². The first-order chi connectivity index (χ1) is 10.6. The van der Waals surface area contributed by atoms with E-state index in [2.05, 4.69) is 4.98 Å². The molecule has 0 aliphatic heterocycles. The second kappa shape index (κ2) is 5.52. The van der Waals surface area contributed by atoms with E-state index in [0.29, 0.717) is 33.7 Å². The summed E-state index contributed by atoms with van der Waals surface area (Å²) in [6.45, 7) is 0. The van der Waals surface area contributed by atoms with Gasteiger partial charge < -0.3 is 14.5 Å². The van der Waals surface area contributed by atoms with Crippen LogP contribution in [0.1, 0.15) is 0 Å². The van der Waals surface area contributed by atoms with Gasteiger partial charge in [0.1, 0.15) is 17.3 Å². The zero-order chi connectivity index (χ0) is 15.7. The summed E-state index contributed by atoms with van der Waals surface area (Å²) in [6, 6.07) is 10.9. The van der Waals surface area contributed by atoms with Crippen LogP contribution < -0.4 is 14.9 Å². The number of halogens is 1. The van der Waals surface area contributed by atoms with E-state index in [1.54, 1.807) is 24.3 Å². The maximum Gasteiger partial charge on any atom is 0.193 e. The molecule has 0 amide bonds. The quantitative estimate of drug-likeness (QED) is 0.807. The Morgan fingerprint density at radius 3 is 2.55 bits per heavy atom. The van der Waals surface area contributed by atoms with E-state index in [4.69, 9.17) is 9.47 Å². The molecular weight excluding hydrogens is 285 g/mol. The van der Waals surface area contributed by atoms with Gasteiger partial charge in [0, 0.05) is 29.5 Å². The van der Waals surface area contributed by atoms with Gasteiger partial charge in [0.15, 0.2) is 5.43 Å². The first-order valence-electron chi connectivity index (χ1n) is 6.67. The molecule has 1 N–H and O–H groups in total. The van der Waals surface area contributed by atoms with Gasteiger partial charge in [-0.1, -0.05) is 12.1 Å². The lowest BCUT2D eigenvalue weighted by molar-refractivity contribution is 0.397. The van der Waals surface area contributed by atoms with Gasteiger partial charge >= 0.3 is 0 Å². The van der Waals surface area contributed by atoms with Gasteiger partial charge in [-0.2, -0.15) is 0 Å². The lowest BCUT2D eigenvalue weighted by Crippen LogP contribution is -2.05. The Balaban J connectivity index is 2.30. The standard InChI is InChI=1S/C17H14FNO3/c1-21-12-7-14-17(16(8-12)22-2)15(20)9-13(19-14)10-4-3-5-11(18)6-10/h3-9H,1-2H3,(H,19,20). The van der Waals surface area contributed by atoms with E-state index >= 15 is 0 Å². The van der Waals surface area contributed by atoms with Gasteiger partial charge in [-0.3, -0.25) is 4.79 Å². The molecule has 4 nitrogen and oxygen atoms in total. The van der Waals surface area contributed by atoms with Crippen LogP contribution in [0.2, 0.25) is 0 Å². The molecule has 1 heterocycles. The predicted octanol–water partition coefficient (Wildman–Crippen LogP) is 3.35. The number of aromatic nitrogens is 1. The molecule has 0 radical (unpaired) electrons. The van der Waals surface area contributed by atoms with Crippen molar-refractivity contribution in [2.45, 2.75) is 0 Å². The molecule has 0 fully saturated rings. The minimum Gasteiger partial charge on any atom is -0.497 e. The van der Waals surface area contributed by atoms with Crippen molar-refractivity contribution in [3.63, 3.8) is 0 Å². The summed E-state index contributed by atoms with van der Waals surface area (Å²) in [6.07, 6.45) is 0. The van der Waals surface area contributed by atoms with Crippen LogP contribution in [-0.4, -0.2) is 19.2 Å². The number of nitrogens with one attached hydrogen (secondary N) is 1. The highest BCUT2D eigenvalue weighted by Crippen LogP contribution is 2.29. The number of benzene rings is 2. The number of rotatable bonds is 3. The number of methoxy groups -OCH3 is 2. The van der Waals surface area contributed by atoms with Crippen LogP contribution in [0.15, 0.2) is 47.3 Å². The van der Waals surface area contributed by atoms with Gasteiger partial charge in [-0.05, 0) is 12.1 Å². The van der Waals surface area contributed by atoms with Crippen molar-refractivity contribution < 1.29 is 13.9 Å². The van der Waals surface area contributed by atoms with Crippen LogP contribution in [0, 0.1) is 5.82 Å². The summed E-state index contributed by atoms with van der Waals surface area (Å²) in [5, 5.41) is 0.434. The number of hydrogen-bond donors (Lipinski definition) is 1. The fourth-order valence-electron chi connectivity index (χ4n) is 2.42. The lowest BCUT2D eigenvalue weighted by Gasteiger charge is -2.10. The second-order valence-electron chi connectivity index (χ2n) is 4.81. The largest absolute Gasteiger partial charge is 0.497 e. The molecule has 0 saturated heterocycles. The Kier molecular flexibility index (Phi) is 3.55. The maximum absolute atomic E-state index is 13.4. The third kappa shape index (κ3) is 2.41.